The Labute approximate surface area is 157 Å². The predicted octanol–water partition coefficient (Wildman–Crippen LogP) is -1.11. The SMILES string of the molecule is COC(=O)[C@H](CO)NC(=O)CNC(=O)[C@H](CCc1ccccc1)NC(C)=O. The molecule has 0 saturated carbocycles. The summed E-state index contributed by atoms with van der Waals surface area (Å²) < 4.78 is 4.44. The quantitative estimate of drug-likeness (QED) is 0.381. The molecule has 0 aromatic heterocycles. The lowest BCUT2D eigenvalue weighted by molar-refractivity contribution is -0.146. The first-order valence-corrected chi connectivity index (χ1v) is 8.44. The number of hydrogen-bond acceptors (Lipinski definition) is 6. The number of benzene rings is 1. The van der Waals surface area contributed by atoms with Gasteiger partial charge in [0, 0.05) is 6.92 Å². The molecular weight excluding hydrogens is 354 g/mol. The second-order valence-electron chi connectivity index (χ2n) is 5.82. The molecule has 0 radical (unpaired) electrons. The molecule has 0 saturated heterocycles. The Morgan fingerprint density at radius 3 is 2.30 bits per heavy atom. The van der Waals surface area contributed by atoms with Crippen molar-refractivity contribution < 1.29 is 29.0 Å². The zero-order valence-electron chi connectivity index (χ0n) is 15.4. The van der Waals surface area contributed by atoms with Crippen molar-refractivity contribution in [1.82, 2.24) is 16.0 Å². The summed E-state index contributed by atoms with van der Waals surface area (Å²) in [4.78, 5) is 46.8. The molecule has 9 nitrogen and oxygen atoms in total. The first-order valence-electron chi connectivity index (χ1n) is 8.44. The summed E-state index contributed by atoms with van der Waals surface area (Å²) in [6.45, 7) is 0.267. The number of esters is 1. The van der Waals surface area contributed by atoms with Crippen LogP contribution >= 0.6 is 0 Å². The van der Waals surface area contributed by atoms with Gasteiger partial charge in [-0.05, 0) is 18.4 Å². The minimum atomic E-state index is -1.20. The van der Waals surface area contributed by atoms with Crippen LogP contribution in [-0.4, -0.2) is 61.1 Å². The van der Waals surface area contributed by atoms with Crippen LogP contribution in [0, 0.1) is 0 Å². The molecule has 1 aromatic carbocycles. The van der Waals surface area contributed by atoms with Crippen LogP contribution < -0.4 is 16.0 Å². The first kappa shape index (κ1) is 22.1. The minimum absolute atomic E-state index is 0.360. The van der Waals surface area contributed by atoms with E-state index in [2.05, 4.69) is 20.7 Å². The number of carbonyl (C=O) groups excluding carboxylic acids is 4. The monoisotopic (exact) mass is 379 g/mol. The van der Waals surface area contributed by atoms with Crippen molar-refractivity contribution >= 4 is 23.7 Å². The normalized spacial score (nSPS) is 12.4. The standard InChI is InChI=1S/C18H25N3O6/c1-12(23)20-14(9-8-13-6-4-3-5-7-13)17(25)19-10-16(24)21-15(11-22)18(26)27-2/h3-7,14-15,22H,8-11H2,1-2H3,(H,19,25)(H,20,23)(H,21,24)/t14-,15-/m0/s1. The van der Waals surface area contributed by atoms with E-state index in [9.17, 15) is 19.2 Å². The van der Waals surface area contributed by atoms with E-state index in [1.165, 1.54) is 6.92 Å². The number of ether oxygens (including phenoxy) is 1. The summed E-state index contributed by atoms with van der Waals surface area (Å²) in [6.07, 6.45) is 0.929. The molecule has 0 unspecified atom stereocenters. The van der Waals surface area contributed by atoms with E-state index >= 15 is 0 Å². The van der Waals surface area contributed by atoms with Gasteiger partial charge in [0.15, 0.2) is 6.04 Å². The van der Waals surface area contributed by atoms with Crippen LogP contribution in [0.4, 0.5) is 0 Å². The number of methoxy groups -OCH3 is 1. The second-order valence-corrected chi connectivity index (χ2v) is 5.82. The maximum atomic E-state index is 12.3. The van der Waals surface area contributed by atoms with Crippen LogP contribution in [0.3, 0.4) is 0 Å². The molecule has 9 heteroatoms. The van der Waals surface area contributed by atoms with Crippen molar-refractivity contribution in [3.8, 4) is 0 Å². The number of hydrogen-bond donors (Lipinski definition) is 4. The van der Waals surface area contributed by atoms with E-state index in [4.69, 9.17) is 5.11 Å². The fourth-order valence-electron chi connectivity index (χ4n) is 2.33. The Bertz CT molecular complexity index is 650. The molecule has 3 amide bonds. The zero-order chi connectivity index (χ0) is 20.2. The summed E-state index contributed by atoms with van der Waals surface area (Å²) in [6, 6.07) is 7.47. The summed E-state index contributed by atoms with van der Waals surface area (Å²) in [7, 11) is 1.13. The molecule has 0 bridgehead atoms. The highest BCUT2D eigenvalue weighted by atomic mass is 16.5. The van der Waals surface area contributed by atoms with Gasteiger partial charge in [-0.1, -0.05) is 30.3 Å². The number of nitrogens with one attached hydrogen (secondary N) is 3. The van der Waals surface area contributed by atoms with Gasteiger partial charge in [-0.3, -0.25) is 14.4 Å². The maximum absolute atomic E-state index is 12.3. The predicted molar refractivity (Wildman–Crippen MR) is 96.4 cm³/mol. The Morgan fingerprint density at radius 2 is 1.74 bits per heavy atom. The van der Waals surface area contributed by atoms with Crippen LogP contribution in [0.5, 0.6) is 0 Å². The molecule has 4 N–H and O–H groups in total. The van der Waals surface area contributed by atoms with Gasteiger partial charge in [-0.15, -0.1) is 0 Å². The van der Waals surface area contributed by atoms with E-state index in [1.54, 1.807) is 0 Å². The fourth-order valence-corrected chi connectivity index (χ4v) is 2.33. The third kappa shape index (κ3) is 8.32. The van der Waals surface area contributed by atoms with Gasteiger partial charge < -0.3 is 25.8 Å². The summed E-state index contributed by atoms with van der Waals surface area (Å²) in [5.74, 6) is -2.35. The summed E-state index contributed by atoms with van der Waals surface area (Å²) in [5.41, 5.74) is 1.02. The van der Waals surface area contributed by atoms with Gasteiger partial charge in [0.25, 0.3) is 0 Å². The third-order valence-corrected chi connectivity index (χ3v) is 3.69. The number of aliphatic hydroxyl groups is 1. The number of aliphatic hydroxyl groups excluding tert-OH is 1. The van der Waals surface area contributed by atoms with Crippen molar-refractivity contribution in [1.29, 1.82) is 0 Å². The first-order chi connectivity index (χ1) is 12.9. The van der Waals surface area contributed by atoms with Crippen molar-refractivity contribution in [2.75, 3.05) is 20.3 Å². The van der Waals surface area contributed by atoms with Gasteiger partial charge in [0.05, 0.1) is 20.3 Å². The van der Waals surface area contributed by atoms with Gasteiger partial charge in [0.1, 0.15) is 6.04 Å². The highest BCUT2D eigenvalue weighted by molar-refractivity contribution is 5.91. The van der Waals surface area contributed by atoms with Crippen LogP contribution in [0.25, 0.3) is 0 Å². The van der Waals surface area contributed by atoms with Gasteiger partial charge in [-0.2, -0.15) is 0 Å². The van der Waals surface area contributed by atoms with Crippen LogP contribution in [0.15, 0.2) is 30.3 Å². The molecule has 0 aliphatic heterocycles. The van der Waals surface area contributed by atoms with E-state index < -0.39 is 43.0 Å². The Hall–Kier alpha value is -2.94. The largest absolute Gasteiger partial charge is 0.467 e. The smallest absolute Gasteiger partial charge is 0.330 e. The Morgan fingerprint density at radius 1 is 1.07 bits per heavy atom. The lowest BCUT2D eigenvalue weighted by Crippen LogP contribution is -2.51. The molecule has 1 rings (SSSR count). The van der Waals surface area contributed by atoms with Crippen molar-refractivity contribution in [2.45, 2.75) is 31.8 Å². The van der Waals surface area contributed by atoms with Crippen molar-refractivity contribution in [2.24, 2.45) is 0 Å². The molecule has 1 aromatic rings. The lowest BCUT2D eigenvalue weighted by atomic mass is 10.0. The summed E-state index contributed by atoms with van der Waals surface area (Å²) in [5, 5.41) is 16.3. The molecule has 148 valence electrons. The molecule has 2 atom stereocenters. The number of aryl methyl sites for hydroxylation is 1. The van der Waals surface area contributed by atoms with E-state index in [1.807, 2.05) is 30.3 Å². The van der Waals surface area contributed by atoms with E-state index in [-0.39, 0.29) is 5.91 Å². The van der Waals surface area contributed by atoms with Crippen LogP contribution in [0.2, 0.25) is 0 Å². The van der Waals surface area contributed by atoms with Gasteiger partial charge in [-0.25, -0.2) is 4.79 Å². The average Bonchev–Trinajstić information content (AvgIpc) is 2.67. The Kier molecular flexibility index (Phi) is 9.52. The highest BCUT2D eigenvalue weighted by Gasteiger charge is 2.23. The van der Waals surface area contributed by atoms with Crippen LogP contribution in [0.1, 0.15) is 18.9 Å². The molecule has 0 aliphatic carbocycles. The molecule has 0 aliphatic rings. The molecule has 0 heterocycles. The number of amides is 3. The van der Waals surface area contributed by atoms with Gasteiger partial charge >= 0.3 is 5.97 Å². The third-order valence-electron chi connectivity index (χ3n) is 3.69. The van der Waals surface area contributed by atoms with Gasteiger partial charge in [0.2, 0.25) is 17.7 Å². The van der Waals surface area contributed by atoms with E-state index in [0.29, 0.717) is 12.8 Å². The number of carbonyl (C=O) groups is 4. The van der Waals surface area contributed by atoms with Crippen molar-refractivity contribution in [3.63, 3.8) is 0 Å². The zero-order valence-corrected chi connectivity index (χ0v) is 15.4. The molecular formula is C18H25N3O6. The minimum Gasteiger partial charge on any atom is -0.467 e. The molecule has 27 heavy (non-hydrogen) atoms. The summed E-state index contributed by atoms with van der Waals surface area (Å²) >= 11 is 0. The lowest BCUT2D eigenvalue weighted by Gasteiger charge is -2.18. The number of rotatable bonds is 10. The van der Waals surface area contributed by atoms with E-state index in [0.717, 1.165) is 12.7 Å². The topological polar surface area (TPSA) is 134 Å². The fraction of sp³-hybridized carbons (Fsp3) is 0.444. The van der Waals surface area contributed by atoms with Crippen molar-refractivity contribution in [3.05, 3.63) is 35.9 Å². The Balaban J connectivity index is 2.56. The molecule has 0 spiro atoms. The van der Waals surface area contributed by atoms with Crippen LogP contribution in [-0.2, 0) is 30.3 Å². The molecule has 0 fully saturated rings. The highest BCUT2D eigenvalue weighted by Crippen LogP contribution is 2.05. The average molecular weight is 379 g/mol. The maximum Gasteiger partial charge on any atom is 0.330 e. The second kappa shape index (κ2) is 11.6.